The van der Waals surface area contributed by atoms with Crippen LogP contribution in [0, 0.1) is 5.82 Å². The molecule has 19 heavy (non-hydrogen) atoms. The molecule has 0 radical (unpaired) electrons. The molecule has 98 valence electrons. The summed E-state index contributed by atoms with van der Waals surface area (Å²) in [4.78, 5) is 12.0. The van der Waals surface area contributed by atoms with Crippen LogP contribution in [0.1, 0.15) is 28.9 Å². The molecule has 1 N–H and O–H groups in total. The highest BCUT2D eigenvalue weighted by atomic mass is 79.9. The third-order valence-electron chi connectivity index (χ3n) is 2.83. The maximum atomic E-state index is 13.1. The van der Waals surface area contributed by atoms with Gasteiger partial charge in [0.15, 0.2) is 0 Å². The average molecular weight is 322 g/mol. The Morgan fingerprint density at radius 1 is 1.21 bits per heavy atom. The Kier molecular flexibility index (Phi) is 4.32. The van der Waals surface area contributed by atoms with Crippen molar-refractivity contribution in [1.82, 2.24) is 5.32 Å². The number of amides is 1. The smallest absolute Gasteiger partial charge is 0.251 e. The van der Waals surface area contributed by atoms with E-state index < -0.39 is 0 Å². The molecule has 0 bridgehead atoms. The highest BCUT2D eigenvalue weighted by Crippen LogP contribution is 2.18. The Morgan fingerprint density at radius 2 is 1.89 bits per heavy atom. The molecule has 0 aromatic heterocycles. The normalized spacial score (nSPS) is 11.9. The van der Waals surface area contributed by atoms with Crippen LogP contribution in [0.2, 0.25) is 0 Å². The Balaban J connectivity index is 2.11. The van der Waals surface area contributed by atoms with E-state index in [1.165, 1.54) is 18.2 Å². The van der Waals surface area contributed by atoms with E-state index in [0.717, 1.165) is 5.56 Å². The van der Waals surface area contributed by atoms with Crippen molar-refractivity contribution >= 4 is 21.8 Å². The molecule has 2 rings (SSSR count). The number of rotatable bonds is 3. The van der Waals surface area contributed by atoms with Gasteiger partial charge in [-0.1, -0.05) is 30.3 Å². The number of nitrogens with one attached hydrogen (secondary N) is 1. The van der Waals surface area contributed by atoms with E-state index in [4.69, 9.17) is 0 Å². The number of hydrogen-bond acceptors (Lipinski definition) is 1. The number of halogens is 2. The van der Waals surface area contributed by atoms with Gasteiger partial charge in [0.25, 0.3) is 5.91 Å². The van der Waals surface area contributed by atoms with Gasteiger partial charge in [-0.05, 0) is 46.6 Å². The number of carbonyl (C=O) groups is 1. The third kappa shape index (κ3) is 3.41. The molecule has 0 heterocycles. The van der Waals surface area contributed by atoms with Crippen molar-refractivity contribution in [2.45, 2.75) is 13.0 Å². The van der Waals surface area contributed by atoms with Crippen LogP contribution in [0.25, 0.3) is 0 Å². The summed E-state index contributed by atoms with van der Waals surface area (Å²) in [6.07, 6.45) is 0. The van der Waals surface area contributed by atoms with E-state index in [9.17, 15) is 9.18 Å². The molecule has 0 aliphatic heterocycles. The van der Waals surface area contributed by atoms with Gasteiger partial charge in [-0.15, -0.1) is 0 Å². The summed E-state index contributed by atoms with van der Waals surface area (Å²) in [5.74, 6) is -0.607. The van der Waals surface area contributed by atoms with Gasteiger partial charge in [0.1, 0.15) is 5.82 Å². The molecule has 0 spiro atoms. The molecule has 1 amide bonds. The fourth-order valence-electron chi connectivity index (χ4n) is 1.74. The van der Waals surface area contributed by atoms with Gasteiger partial charge in [0.05, 0.1) is 10.5 Å². The molecular weight excluding hydrogens is 309 g/mol. The van der Waals surface area contributed by atoms with Crippen LogP contribution in [-0.2, 0) is 0 Å². The summed E-state index contributed by atoms with van der Waals surface area (Å²) in [5.41, 5.74) is 1.45. The van der Waals surface area contributed by atoms with E-state index in [2.05, 4.69) is 21.2 Å². The van der Waals surface area contributed by atoms with Gasteiger partial charge in [-0.3, -0.25) is 4.79 Å². The summed E-state index contributed by atoms with van der Waals surface area (Å²) in [5, 5.41) is 2.88. The van der Waals surface area contributed by atoms with Gasteiger partial charge >= 0.3 is 0 Å². The van der Waals surface area contributed by atoms with Crippen LogP contribution in [0.15, 0.2) is 53.0 Å². The minimum absolute atomic E-state index is 0.0995. The third-order valence-corrected chi connectivity index (χ3v) is 3.44. The van der Waals surface area contributed by atoms with Crippen LogP contribution in [-0.4, -0.2) is 5.91 Å². The van der Waals surface area contributed by atoms with Gasteiger partial charge in [-0.2, -0.15) is 0 Å². The molecule has 2 aromatic rings. The van der Waals surface area contributed by atoms with Crippen molar-refractivity contribution in [3.8, 4) is 0 Å². The van der Waals surface area contributed by atoms with Crippen molar-refractivity contribution in [2.75, 3.05) is 0 Å². The highest BCUT2D eigenvalue weighted by molar-refractivity contribution is 9.10. The fourth-order valence-corrected chi connectivity index (χ4v) is 2.12. The van der Waals surface area contributed by atoms with Gasteiger partial charge in [-0.25, -0.2) is 4.39 Å². The maximum Gasteiger partial charge on any atom is 0.251 e. The average Bonchev–Trinajstić information content (AvgIpc) is 2.42. The monoisotopic (exact) mass is 321 g/mol. The first-order valence-corrected chi connectivity index (χ1v) is 6.68. The summed E-state index contributed by atoms with van der Waals surface area (Å²) >= 11 is 3.07. The Labute approximate surface area is 119 Å². The molecule has 0 saturated carbocycles. The highest BCUT2D eigenvalue weighted by Gasteiger charge is 2.12. The molecule has 0 saturated heterocycles. The topological polar surface area (TPSA) is 29.1 Å². The first-order chi connectivity index (χ1) is 9.08. The second kappa shape index (κ2) is 5.97. The molecule has 4 heteroatoms. The maximum absolute atomic E-state index is 13.1. The number of hydrogen-bond donors (Lipinski definition) is 1. The molecule has 2 nitrogen and oxygen atoms in total. The standard InChI is InChI=1S/C15H13BrFNO/c1-10(11-5-3-2-4-6-11)18-15(19)12-7-8-14(17)13(16)9-12/h2-10H,1H3,(H,18,19)/t10-/m1/s1. The first kappa shape index (κ1) is 13.7. The predicted octanol–water partition coefficient (Wildman–Crippen LogP) is 4.08. The molecule has 0 fully saturated rings. The lowest BCUT2D eigenvalue weighted by Gasteiger charge is -2.14. The van der Waals surface area contributed by atoms with E-state index >= 15 is 0 Å². The largest absolute Gasteiger partial charge is 0.346 e. The van der Waals surface area contributed by atoms with Crippen molar-refractivity contribution in [1.29, 1.82) is 0 Å². The van der Waals surface area contributed by atoms with E-state index in [1.54, 1.807) is 0 Å². The zero-order valence-electron chi connectivity index (χ0n) is 10.4. The quantitative estimate of drug-likeness (QED) is 0.906. The Hall–Kier alpha value is -1.68. The molecule has 2 aromatic carbocycles. The minimum atomic E-state index is -0.382. The second-order valence-corrected chi connectivity index (χ2v) is 5.09. The van der Waals surface area contributed by atoms with Crippen molar-refractivity contribution in [3.63, 3.8) is 0 Å². The molecular formula is C15H13BrFNO. The number of carbonyl (C=O) groups excluding carboxylic acids is 1. The SMILES string of the molecule is C[C@@H](NC(=O)c1ccc(F)c(Br)c1)c1ccccc1. The lowest BCUT2D eigenvalue weighted by atomic mass is 10.1. The zero-order valence-corrected chi connectivity index (χ0v) is 11.9. The van der Waals surface area contributed by atoms with Crippen LogP contribution >= 0.6 is 15.9 Å². The lowest BCUT2D eigenvalue weighted by molar-refractivity contribution is 0.0940. The number of benzene rings is 2. The molecule has 0 aliphatic carbocycles. The fraction of sp³-hybridized carbons (Fsp3) is 0.133. The first-order valence-electron chi connectivity index (χ1n) is 5.89. The Bertz CT molecular complexity index is 586. The summed E-state index contributed by atoms with van der Waals surface area (Å²) < 4.78 is 13.4. The molecule has 1 atom stereocenters. The van der Waals surface area contributed by atoms with Crippen LogP contribution in [0.3, 0.4) is 0 Å². The summed E-state index contributed by atoms with van der Waals surface area (Å²) in [7, 11) is 0. The Morgan fingerprint density at radius 3 is 2.53 bits per heavy atom. The molecule has 0 unspecified atom stereocenters. The van der Waals surface area contributed by atoms with Crippen LogP contribution in [0.5, 0.6) is 0 Å². The predicted molar refractivity (Wildman–Crippen MR) is 76.4 cm³/mol. The van der Waals surface area contributed by atoms with E-state index in [0.29, 0.717) is 5.56 Å². The van der Waals surface area contributed by atoms with Crippen molar-refractivity contribution in [2.24, 2.45) is 0 Å². The summed E-state index contributed by atoms with van der Waals surface area (Å²) in [6, 6.07) is 13.8. The van der Waals surface area contributed by atoms with Gasteiger partial charge in [0.2, 0.25) is 0 Å². The zero-order chi connectivity index (χ0) is 13.8. The lowest BCUT2D eigenvalue weighted by Crippen LogP contribution is -2.26. The second-order valence-electron chi connectivity index (χ2n) is 4.23. The minimum Gasteiger partial charge on any atom is -0.346 e. The van der Waals surface area contributed by atoms with Crippen molar-refractivity contribution in [3.05, 3.63) is 69.9 Å². The van der Waals surface area contributed by atoms with Crippen molar-refractivity contribution < 1.29 is 9.18 Å². The summed E-state index contributed by atoms with van der Waals surface area (Å²) in [6.45, 7) is 1.91. The van der Waals surface area contributed by atoms with Gasteiger partial charge < -0.3 is 5.32 Å². The van der Waals surface area contributed by atoms with Gasteiger partial charge in [0, 0.05) is 5.56 Å². The van der Waals surface area contributed by atoms with Crippen LogP contribution in [0.4, 0.5) is 4.39 Å². The van der Waals surface area contributed by atoms with E-state index in [1.807, 2.05) is 37.3 Å². The molecule has 0 aliphatic rings. The van der Waals surface area contributed by atoms with E-state index in [-0.39, 0.29) is 22.2 Å². The van der Waals surface area contributed by atoms with Crippen LogP contribution < -0.4 is 5.32 Å².